The van der Waals surface area contributed by atoms with Crippen molar-refractivity contribution in [3.05, 3.63) is 59.2 Å². The second-order valence-electron chi connectivity index (χ2n) is 8.29. The largest absolute Gasteiger partial charge is 0.454 e. The van der Waals surface area contributed by atoms with Gasteiger partial charge in [-0.2, -0.15) is 0 Å². The lowest BCUT2D eigenvalue weighted by atomic mass is 10.1. The van der Waals surface area contributed by atoms with Crippen LogP contribution in [-0.2, 0) is 11.3 Å². The Bertz CT molecular complexity index is 1020. The first-order valence-corrected chi connectivity index (χ1v) is 10.7. The number of fused-ring (bicyclic) bond motifs is 2. The number of ether oxygens (including phenoxy) is 2. The van der Waals surface area contributed by atoms with Gasteiger partial charge in [-0.25, -0.2) is 0 Å². The summed E-state index contributed by atoms with van der Waals surface area (Å²) in [4.78, 5) is 42.3. The number of benzene rings is 2. The van der Waals surface area contributed by atoms with Crippen molar-refractivity contribution >= 4 is 17.7 Å². The molecule has 3 amide bonds. The molecule has 2 heterocycles. The molecule has 160 valence electrons. The molecule has 0 aromatic heterocycles. The Labute approximate surface area is 180 Å². The van der Waals surface area contributed by atoms with Crippen LogP contribution < -0.4 is 9.47 Å². The van der Waals surface area contributed by atoms with Gasteiger partial charge in [0.15, 0.2) is 11.5 Å². The lowest BCUT2D eigenvalue weighted by Gasteiger charge is -2.34. The van der Waals surface area contributed by atoms with Crippen molar-refractivity contribution in [2.45, 2.75) is 51.2 Å². The van der Waals surface area contributed by atoms with Crippen molar-refractivity contribution in [1.29, 1.82) is 0 Å². The van der Waals surface area contributed by atoms with Gasteiger partial charge >= 0.3 is 0 Å². The molecule has 3 aliphatic rings. The molecule has 0 unspecified atom stereocenters. The van der Waals surface area contributed by atoms with Gasteiger partial charge in [-0.15, -0.1) is 0 Å². The normalized spacial score (nSPS) is 18.4. The van der Waals surface area contributed by atoms with Crippen molar-refractivity contribution in [3.63, 3.8) is 0 Å². The van der Waals surface area contributed by atoms with Crippen LogP contribution in [0, 0.1) is 0 Å². The van der Waals surface area contributed by atoms with E-state index in [2.05, 4.69) is 0 Å². The molecule has 2 aromatic carbocycles. The molecule has 0 saturated heterocycles. The minimum absolute atomic E-state index is 0.0931. The maximum Gasteiger partial charge on any atom is 0.262 e. The molecular formula is C24H24N2O5. The lowest BCUT2D eigenvalue weighted by molar-refractivity contribution is -0.138. The highest BCUT2D eigenvalue weighted by atomic mass is 16.7. The fraction of sp³-hybridized carbons (Fsp3) is 0.375. The lowest BCUT2D eigenvalue weighted by Crippen LogP contribution is -2.51. The molecule has 2 aliphatic heterocycles. The maximum absolute atomic E-state index is 13.6. The SMILES string of the molecule is C[C@H](C(=O)N(Cc1ccc2c(c1)OCO2)C1CCCC1)N1C(=O)c2ccccc2C1=O. The summed E-state index contributed by atoms with van der Waals surface area (Å²) in [5, 5.41) is 0. The van der Waals surface area contributed by atoms with E-state index in [-0.39, 0.29) is 18.7 Å². The molecule has 1 aliphatic carbocycles. The molecule has 5 rings (SSSR count). The van der Waals surface area contributed by atoms with Gasteiger partial charge in [0.1, 0.15) is 6.04 Å². The van der Waals surface area contributed by atoms with Crippen LogP contribution in [-0.4, -0.2) is 46.4 Å². The molecule has 7 nitrogen and oxygen atoms in total. The molecule has 0 spiro atoms. The molecule has 1 saturated carbocycles. The summed E-state index contributed by atoms with van der Waals surface area (Å²) >= 11 is 0. The number of amides is 3. The zero-order chi connectivity index (χ0) is 21.5. The molecule has 0 N–H and O–H groups in total. The fourth-order valence-corrected chi connectivity index (χ4v) is 4.75. The predicted octanol–water partition coefficient (Wildman–Crippen LogP) is 3.37. The Morgan fingerprint density at radius 3 is 2.35 bits per heavy atom. The van der Waals surface area contributed by atoms with Crippen LogP contribution in [0.15, 0.2) is 42.5 Å². The Hall–Kier alpha value is -3.35. The van der Waals surface area contributed by atoms with Crippen molar-refractivity contribution in [2.24, 2.45) is 0 Å². The Morgan fingerprint density at radius 1 is 1.03 bits per heavy atom. The third kappa shape index (κ3) is 3.34. The number of imide groups is 1. The average Bonchev–Trinajstić information content (AvgIpc) is 3.52. The van der Waals surface area contributed by atoms with E-state index in [4.69, 9.17) is 9.47 Å². The Morgan fingerprint density at radius 2 is 1.68 bits per heavy atom. The van der Waals surface area contributed by atoms with Gasteiger partial charge in [-0.05, 0) is 49.6 Å². The summed E-state index contributed by atoms with van der Waals surface area (Å²) in [7, 11) is 0. The summed E-state index contributed by atoms with van der Waals surface area (Å²) in [5.74, 6) is 0.345. The quantitative estimate of drug-likeness (QED) is 0.694. The third-order valence-corrected chi connectivity index (χ3v) is 6.41. The van der Waals surface area contributed by atoms with Gasteiger partial charge in [0.2, 0.25) is 12.7 Å². The van der Waals surface area contributed by atoms with E-state index in [0.717, 1.165) is 36.1 Å². The highest BCUT2D eigenvalue weighted by molar-refractivity contribution is 6.22. The summed E-state index contributed by atoms with van der Waals surface area (Å²) < 4.78 is 10.9. The van der Waals surface area contributed by atoms with Gasteiger partial charge in [0.25, 0.3) is 11.8 Å². The van der Waals surface area contributed by atoms with Gasteiger partial charge < -0.3 is 14.4 Å². The third-order valence-electron chi connectivity index (χ3n) is 6.41. The second-order valence-corrected chi connectivity index (χ2v) is 8.29. The zero-order valence-electron chi connectivity index (χ0n) is 17.4. The highest BCUT2D eigenvalue weighted by Gasteiger charge is 2.42. The van der Waals surface area contributed by atoms with Crippen LogP contribution in [0.25, 0.3) is 0 Å². The van der Waals surface area contributed by atoms with Crippen molar-refractivity contribution in [1.82, 2.24) is 9.80 Å². The monoisotopic (exact) mass is 420 g/mol. The summed E-state index contributed by atoms with van der Waals surface area (Å²) in [6.45, 7) is 2.24. The summed E-state index contributed by atoms with van der Waals surface area (Å²) in [6.07, 6.45) is 3.98. The molecule has 1 atom stereocenters. The Kier molecular flexibility index (Phi) is 4.88. The van der Waals surface area contributed by atoms with Gasteiger partial charge in [0.05, 0.1) is 11.1 Å². The van der Waals surface area contributed by atoms with Crippen LogP contribution in [0.1, 0.15) is 58.9 Å². The van der Waals surface area contributed by atoms with Crippen molar-refractivity contribution < 1.29 is 23.9 Å². The van der Waals surface area contributed by atoms with Gasteiger partial charge in [-0.3, -0.25) is 19.3 Å². The standard InChI is InChI=1S/C24H24N2O5/c1-15(26-23(28)18-8-4-5-9-19(18)24(26)29)22(27)25(17-6-2-3-7-17)13-16-10-11-20-21(12-16)31-14-30-20/h4-5,8-12,15,17H,2-3,6-7,13-14H2,1H3/t15-/m1/s1. The average molecular weight is 420 g/mol. The summed E-state index contributed by atoms with van der Waals surface area (Å²) in [6, 6.07) is 11.6. The Balaban J connectivity index is 1.41. The van der Waals surface area contributed by atoms with Crippen molar-refractivity contribution in [3.8, 4) is 11.5 Å². The highest BCUT2D eigenvalue weighted by Crippen LogP contribution is 2.34. The second kappa shape index (κ2) is 7.72. The van der Waals surface area contributed by atoms with E-state index in [0.29, 0.717) is 29.2 Å². The predicted molar refractivity (Wildman–Crippen MR) is 112 cm³/mol. The number of carbonyl (C=O) groups is 3. The number of nitrogens with zero attached hydrogens (tertiary/aromatic N) is 2. The molecule has 2 aromatic rings. The first-order valence-electron chi connectivity index (χ1n) is 10.7. The number of hydrogen-bond donors (Lipinski definition) is 0. The van der Waals surface area contributed by atoms with Crippen LogP contribution in [0.4, 0.5) is 0 Å². The number of rotatable bonds is 5. The first-order chi connectivity index (χ1) is 15.0. The molecule has 0 radical (unpaired) electrons. The van der Waals surface area contributed by atoms with Gasteiger partial charge in [0, 0.05) is 12.6 Å². The van der Waals surface area contributed by atoms with E-state index in [1.54, 1.807) is 31.2 Å². The van der Waals surface area contributed by atoms with Crippen LogP contribution >= 0.6 is 0 Å². The van der Waals surface area contributed by atoms with Crippen molar-refractivity contribution in [2.75, 3.05) is 6.79 Å². The minimum Gasteiger partial charge on any atom is -0.454 e. The van der Waals surface area contributed by atoms with E-state index in [9.17, 15) is 14.4 Å². The van der Waals surface area contributed by atoms with E-state index < -0.39 is 17.9 Å². The molecule has 0 bridgehead atoms. The van der Waals surface area contributed by atoms with Crippen LogP contribution in [0.3, 0.4) is 0 Å². The molecule has 31 heavy (non-hydrogen) atoms. The van der Waals surface area contributed by atoms with E-state index in [1.807, 2.05) is 23.1 Å². The smallest absolute Gasteiger partial charge is 0.262 e. The summed E-state index contributed by atoms with van der Waals surface area (Å²) in [5.41, 5.74) is 1.64. The maximum atomic E-state index is 13.6. The molecule has 7 heteroatoms. The van der Waals surface area contributed by atoms with Crippen LogP contribution in [0.5, 0.6) is 11.5 Å². The topological polar surface area (TPSA) is 76.2 Å². The molecular weight excluding hydrogens is 396 g/mol. The van der Waals surface area contributed by atoms with E-state index in [1.165, 1.54) is 0 Å². The fourth-order valence-electron chi connectivity index (χ4n) is 4.75. The number of hydrogen-bond acceptors (Lipinski definition) is 5. The molecule has 1 fully saturated rings. The zero-order valence-corrected chi connectivity index (χ0v) is 17.4. The van der Waals surface area contributed by atoms with Crippen LogP contribution in [0.2, 0.25) is 0 Å². The minimum atomic E-state index is -0.873. The number of carbonyl (C=O) groups excluding carboxylic acids is 3. The van der Waals surface area contributed by atoms with E-state index >= 15 is 0 Å². The first kappa shape index (κ1) is 19.6. The van der Waals surface area contributed by atoms with Gasteiger partial charge in [-0.1, -0.05) is 31.0 Å².